The minimum Gasteiger partial charge on any atom is -0.501 e. The summed E-state index contributed by atoms with van der Waals surface area (Å²) in [6.45, 7) is 0. The van der Waals surface area contributed by atoms with Crippen LogP contribution in [0.5, 0.6) is 11.5 Å². The van der Waals surface area contributed by atoms with Crippen LogP contribution in [0.25, 0.3) is 11.3 Å². The number of furan rings is 1. The van der Waals surface area contributed by atoms with Gasteiger partial charge < -0.3 is 19.4 Å². The van der Waals surface area contributed by atoms with Crippen LogP contribution in [0.15, 0.2) is 53.2 Å². The molecule has 0 aliphatic carbocycles. The van der Waals surface area contributed by atoms with Crippen LogP contribution in [-0.2, 0) is 15.9 Å². The van der Waals surface area contributed by atoms with Gasteiger partial charge in [0, 0.05) is 23.0 Å². The maximum Gasteiger partial charge on any atom is 0.313 e. The molecule has 2 aromatic heterocycles. The fourth-order valence-electron chi connectivity index (χ4n) is 2.14. The quantitative estimate of drug-likeness (QED) is 0.653. The molecule has 0 fully saturated rings. The second-order valence-corrected chi connectivity index (χ2v) is 7.13. The molecule has 0 unspecified atom stereocenters. The molecule has 0 aliphatic heterocycles. The lowest BCUT2D eigenvalue weighted by Gasteiger charge is -2.06. The van der Waals surface area contributed by atoms with E-state index < -0.39 is 27.4 Å². The van der Waals surface area contributed by atoms with Gasteiger partial charge in [-0.25, -0.2) is 0 Å². The number of rotatable bonds is 5. The molecule has 3 rings (SSSR count). The summed E-state index contributed by atoms with van der Waals surface area (Å²) >= 11 is 5.81. The highest BCUT2D eigenvalue weighted by atomic mass is 35.5. The fraction of sp³-hybridized carbons (Fsp3) is 0.0625. The van der Waals surface area contributed by atoms with E-state index >= 15 is 0 Å². The summed E-state index contributed by atoms with van der Waals surface area (Å²) in [5.41, 5.74) is 6.61. The maximum atomic E-state index is 12.2. The molecule has 0 bridgehead atoms. The SMILES string of the molecule is Nc1oc(-c2ccc(Cl)cc2)c(O)c1OS(=O)(=O)Cc1ccncc1. The second-order valence-electron chi connectivity index (χ2n) is 5.12. The number of benzene rings is 1. The number of anilines is 1. The van der Waals surface area contributed by atoms with Crippen LogP contribution >= 0.6 is 11.6 Å². The fourth-order valence-corrected chi connectivity index (χ4v) is 3.34. The van der Waals surface area contributed by atoms with E-state index in [9.17, 15) is 13.5 Å². The number of aromatic hydroxyl groups is 1. The van der Waals surface area contributed by atoms with Crippen molar-refractivity contribution in [2.75, 3.05) is 5.73 Å². The van der Waals surface area contributed by atoms with E-state index in [0.717, 1.165) is 0 Å². The lowest BCUT2D eigenvalue weighted by molar-refractivity contribution is 0.432. The lowest BCUT2D eigenvalue weighted by atomic mass is 10.1. The van der Waals surface area contributed by atoms with E-state index in [1.165, 1.54) is 12.4 Å². The van der Waals surface area contributed by atoms with Gasteiger partial charge in [-0.3, -0.25) is 4.98 Å². The Morgan fingerprint density at radius 3 is 2.44 bits per heavy atom. The summed E-state index contributed by atoms with van der Waals surface area (Å²) in [7, 11) is -4.06. The van der Waals surface area contributed by atoms with Crippen molar-refractivity contribution >= 4 is 27.6 Å². The predicted octanol–water partition coefficient (Wildman–Crippen LogP) is 3.19. The Morgan fingerprint density at radius 2 is 1.80 bits per heavy atom. The molecule has 0 amide bonds. The van der Waals surface area contributed by atoms with E-state index in [2.05, 4.69) is 4.98 Å². The van der Waals surface area contributed by atoms with Crippen molar-refractivity contribution in [3.8, 4) is 22.8 Å². The van der Waals surface area contributed by atoms with E-state index in [1.807, 2.05) is 0 Å². The molecular weight excluding hydrogens is 368 g/mol. The molecule has 9 heteroatoms. The first kappa shape index (κ1) is 17.1. The zero-order valence-electron chi connectivity index (χ0n) is 12.7. The summed E-state index contributed by atoms with van der Waals surface area (Å²) in [6.07, 6.45) is 2.93. The molecule has 0 aliphatic rings. The zero-order chi connectivity index (χ0) is 18.0. The third-order valence-corrected chi connectivity index (χ3v) is 4.63. The van der Waals surface area contributed by atoms with Gasteiger partial charge in [-0.05, 0) is 42.0 Å². The molecule has 3 aromatic rings. The van der Waals surface area contributed by atoms with Crippen LogP contribution in [0.1, 0.15) is 5.56 Å². The van der Waals surface area contributed by atoms with Gasteiger partial charge in [-0.2, -0.15) is 8.42 Å². The standard InChI is InChI=1S/C16H13ClN2O5S/c17-12-3-1-11(2-4-12)14-13(20)15(16(18)23-14)24-25(21,22)9-10-5-7-19-8-6-10/h1-8,20H,9,18H2. The Kier molecular flexibility index (Phi) is 4.56. The van der Waals surface area contributed by atoms with Crippen LogP contribution < -0.4 is 9.92 Å². The Morgan fingerprint density at radius 1 is 1.16 bits per heavy atom. The van der Waals surface area contributed by atoms with Gasteiger partial charge in [-0.15, -0.1) is 0 Å². The average molecular weight is 381 g/mol. The van der Waals surface area contributed by atoms with Crippen LogP contribution in [0.2, 0.25) is 5.02 Å². The first-order valence-electron chi connectivity index (χ1n) is 7.04. The molecule has 0 saturated carbocycles. The van der Waals surface area contributed by atoms with Gasteiger partial charge in [0.15, 0.2) is 5.76 Å². The highest BCUT2D eigenvalue weighted by Crippen LogP contribution is 2.45. The molecule has 7 nitrogen and oxygen atoms in total. The van der Waals surface area contributed by atoms with Crippen molar-refractivity contribution < 1.29 is 22.1 Å². The number of aromatic nitrogens is 1. The Bertz CT molecular complexity index is 985. The molecule has 3 N–H and O–H groups in total. The molecule has 2 heterocycles. The summed E-state index contributed by atoms with van der Waals surface area (Å²) in [4.78, 5) is 3.81. The summed E-state index contributed by atoms with van der Waals surface area (Å²) in [6, 6.07) is 9.45. The van der Waals surface area contributed by atoms with Crippen molar-refractivity contribution in [1.82, 2.24) is 4.98 Å². The first-order chi connectivity index (χ1) is 11.9. The van der Waals surface area contributed by atoms with Crippen molar-refractivity contribution in [2.24, 2.45) is 0 Å². The van der Waals surface area contributed by atoms with Crippen molar-refractivity contribution in [1.29, 1.82) is 0 Å². The van der Waals surface area contributed by atoms with Gasteiger partial charge >= 0.3 is 10.1 Å². The maximum absolute atomic E-state index is 12.2. The minimum absolute atomic E-state index is 0.0109. The number of pyridine rings is 1. The van der Waals surface area contributed by atoms with Gasteiger partial charge in [0.2, 0.25) is 17.4 Å². The van der Waals surface area contributed by atoms with Crippen LogP contribution in [-0.4, -0.2) is 18.5 Å². The largest absolute Gasteiger partial charge is 0.501 e. The zero-order valence-corrected chi connectivity index (χ0v) is 14.3. The number of nitrogen functional groups attached to an aromatic ring is 1. The highest BCUT2D eigenvalue weighted by molar-refractivity contribution is 7.86. The molecule has 0 saturated heterocycles. The third kappa shape index (κ3) is 3.86. The summed E-state index contributed by atoms with van der Waals surface area (Å²) in [5, 5.41) is 10.8. The van der Waals surface area contributed by atoms with Gasteiger partial charge in [0.25, 0.3) is 0 Å². The molecule has 130 valence electrons. The number of nitrogens with two attached hydrogens (primary N) is 1. The number of nitrogens with zero attached hydrogens (tertiary/aromatic N) is 1. The van der Waals surface area contributed by atoms with Crippen LogP contribution in [0.3, 0.4) is 0 Å². The molecule has 1 aromatic carbocycles. The van der Waals surface area contributed by atoms with Crippen LogP contribution in [0, 0.1) is 0 Å². The Hall–Kier alpha value is -2.71. The third-order valence-electron chi connectivity index (χ3n) is 3.28. The summed E-state index contributed by atoms with van der Waals surface area (Å²) < 4.78 is 34.6. The van der Waals surface area contributed by atoms with E-state index in [-0.39, 0.29) is 11.6 Å². The summed E-state index contributed by atoms with van der Waals surface area (Å²) in [5.74, 6) is -1.71. The monoisotopic (exact) mass is 380 g/mol. The highest BCUT2D eigenvalue weighted by Gasteiger charge is 2.26. The number of hydrogen-bond donors (Lipinski definition) is 2. The Balaban J connectivity index is 1.89. The smallest absolute Gasteiger partial charge is 0.313 e. The normalized spacial score (nSPS) is 11.4. The van der Waals surface area contributed by atoms with E-state index in [4.69, 9.17) is 25.9 Å². The Labute approximate surface area is 148 Å². The van der Waals surface area contributed by atoms with Crippen molar-refractivity contribution in [3.05, 3.63) is 59.4 Å². The topological polar surface area (TPSA) is 116 Å². The average Bonchev–Trinajstić information content (AvgIpc) is 2.84. The van der Waals surface area contributed by atoms with Gasteiger partial charge in [0.05, 0.1) is 0 Å². The molecule has 25 heavy (non-hydrogen) atoms. The van der Waals surface area contributed by atoms with E-state index in [1.54, 1.807) is 36.4 Å². The van der Waals surface area contributed by atoms with Gasteiger partial charge in [0.1, 0.15) is 5.75 Å². The number of halogens is 1. The lowest BCUT2D eigenvalue weighted by Crippen LogP contribution is -2.12. The minimum atomic E-state index is -4.06. The van der Waals surface area contributed by atoms with E-state index in [0.29, 0.717) is 16.1 Å². The second kappa shape index (κ2) is 6.66. The molecule has 0 atom stereocenters. The van der Waals surface area contributed by atoms with Gasteiger partial charge in [-0.1, -0.05) is 11.6 Å². The predicted molar refractivity (Wildman–Crippen MR) is 92.7 cm³/mol. The van der Waals surface area contributed by atoms with Crippen molar-refractivity contribution in [2.45, 2.75) is 5.75 Å². The van der Waals surface area contributed by atoms with Crippen LogP contribution in [0.4, 0.5) is 5.88 Å². The molecular formula is C16H13ClN2O5S. The number of hydrogen-bond acceptors (Lipinski definition) is 7. The molecule has 0 spiro atoms. The first-order valence-corrected chi connectivity index (χ1v) is 8.99. The molecule has 0 radical (unpaired) electrons. The van der Waals surface area contributed by atoms with Crippen molar-refractivity contribution in [3.63, 3.8) is 0 Å².